The number of hydrazine groups is 1. The molecule has 1 amide bonds. The van der Waals surface area contributed by atoms with E-state index in [1.807, 2.05) is 23.4 Å². The lowest BCUT2D eigenvalue weighted by molar-refractivity contribution is 0.0733. The van der Waals surface area contributed by atoms with Gasteiger partial charge in [0.1, 0.15) is 0 Å². The zero-order chi connectivity index (χ0) is 17.0. The quantitative estimate of drug-likeness (QED) is 0.668. The highest BCUT2D eigenvalue weighted by Crippen LogP contribution is 2.38. The van der Waals surface area contributed by atoms with Crippen LogP contribution in [-0.4, -0.2) is 39.1 Å². The van der Waals surface area contributed by atoms with Gasteiger partial charge in [-0.15, -0.1) is 11.3 Å². The Hall–Kier alpha value is -2.12. The number of thiophene rings is 1. The normalized spacial score (nSPS) is 14.3. The van der Waals surface area contributed by atoms with Crippen LogP contribution in [-0.2, 0) is 6.42 Å². The summed E-state index contributed by atoms with van der Waals surface area (Å²) in [6.07, 6.45) is 4.05. The molecule has 24 heavy (non-hydrogen) atoms. The number of halogens is 1. The van der Waals surface area contributed by atoms with Crippen LogP contribution in [0.4, 0.5) is 5.69 Å². The van der Waals surface area contributed by atoms with E-state index in [0.717, 1.165) is 12.1 Å². The first-order chi connectivity index (χ1) is 11.5. The highest BCUT2D eigenvalue weighted by molar-refractivity contribution is 7.12. The van der Waals surface area contributed by atoms with Crippen LogP contribution in [0.5, 0.6) is 0 Å². The third-order valence-corrected chi connectivity index (χ3v) is 5.85. The van der Waals surface area contributed by atoms with Gasteiger partial charge >= 0.3 is 0 Å². The summed E-state index contributed by atoms with van der Waals surface area (Å²) in [4.78, 5) is 19.8. The number of amides is 1. The van der Waals surface area contributed by atoms with E-state index in [1.54, 1.807) is 23.5 Å². The van der Waals surface area contributed by atoms with Crippen molar-refractivity contribution in [2.45, 2.75) is 20.3 Å². The monoisotopic (exact) mass is 361 g/mol. The van der Waals surface area contributed by atoms with Crippen LogP contribution in [0.1, 0.15) is 25.8 Å². The van der Waals surface area contributed by atoms with Crippen molar-refractivity contribution in [3.05, 3.63) is 44.5 Å². The van der Waals surface area contributed by atoms with Crippen molar-refractivity contribution in [3.63, 3.8) is 0 Å². The Labute approximate surface area is 148 Å². The van der Waals surface area contributed by atoms with E-state index in [1.165, 1.54) is 19.8 Å². The van der Waals surface area contributed by atoms with Gasteiger partial charge in [-0.05, 0) is 19.4 Å². The molecule has 0 saturated heterocycles. The number of anilines is 1. The minimum Gasteiger partial charge on any atom is -0.284 e. The molecule has 0 spiro atoms. The first-order valence-electron chi connectivity index (χ1n) is 7.61. The second-order valence-corrected chi connectivity index (χ2v) is 7.61. The lowest BCUT2D eigenvalue weighted by Crippen LogP contribution is -2.48. The van der Waals surface area contributed by atoms with Crippen LogP contribution in [0.2, 0.25) is 5.02 Å². The van der Waals surface area contributed by atoms with Crippen molar-refractivity contribution >= 4 is 40.2 Å². The van der Waals surface area contributed by atoms with Crippen molar-refractivity contribution < 1.29 is 4.79 Å². The van der Waals surface area contributed by atoms with Crippen LogP contribution in [0.15, 0.2) is 18.5 Å². The molecule has 0 unspecified atom stereocenters. The molecule has 0 aromatic carbocycles. The number of nitrogens with zero attached hydrogens (tertiary/aromatic N) is 5. The number of hydrogen-bond acceptors (Lipinski definition) is 5. The predicted octanol–water partition coefficient (Wildman–Crippen LogP) is 3.11. The molecule has 0 saturated carbocycles. The molecule has 8 heteroatoms. The number of aryl methyl sites for hydroxylation is 1. The van der Waals surface area contributed by atoms with E-state index in [9.17, 15) is 4.79 Å². The Morgan fingerprint density at radius 2 is 2.17 bits per heavy atom. The van der Waals surface area contributed by atoms with E-state index in [2.05, 4.69) is 23.9 Å². The molecule has 4 rings (SSSR count). The fourth-order valence-electron chi connectivity index (χ4n) is 3.08. The molecule has 0 radical (unpaired) electrons. The van der Waals surface area contributed by atoms with Crippen LogP contribution >= 0.6 is 22.9 Å². The van der Waals surface area contributed by atoms with Crippen LogP contribution in [0.25, 0.3) is 5.65 Å². The predicted molar refractivity (Wildman–Crippen MR) is 94.9 cm³/mol. The highest BCUT2D eigenvalue weighted by Gasteiger charge is 2.30. The molecular weight excluding hydrogens is 346 g/mol. The maximum absolute atomic E-state index is 12.9. The van der Waals surface area contributed by atoms with Gasteiger partial charge in [0.25, 0.3) is 5.91 Å². The molecule has 0 aliphatic carbocycles. The van der Waals surface area contributed by atoms with Gasteiger partial charge in [-0.2, -0.15) is 5.10 Å². The molecule has 4 heterocycles. The number of rotatable bonds is 1. The highest BCUT2D eigenvalue weighted by atomic mass is 35.5. The lowest BCUT2D eigenvalue weighted by atomic mass is 10.1. The first-order valence-corrected chi connectivity index (χ1v) is 8.80. The van der Waals surface area contributed by atoms with E-state index in [0.29, 0.717) is 22.9 Å². The minimum absolute atomic E-state index is 0.131. The van der Waals surface area contributed by atoms with E-state index >= 15 is 0 Å². The maximum Gasteiger partial charge on any atom is 0.292 e. The number of carbonyl (C=O) groups is 1. The zero-order valence-electron chi connectivity index (χ0n) is 13.6. The SMILES string of the molecule is Cc1sc2c(c1C)N(C)N(C(=O)c1cc3ncc(Cl)cn3n1)CC2. The van der Waals surface area contributed by atoms with Gasteiger partial charge in [0.05, 0.1) is 16.9 Å². The van der Waals surface area contributed by atoms with Gasteiger partial charge < -0.3 is 0 Å². The van der Waals surface area contributed by atoms with Gasteiger partial charge in [-0.1, -0.05) is 11.6 Å². The summed E-state index contributed by atoms with van der Waals surface area (Å²) in [6, 6.07) is 1.69. The van der Waals surface area contributed by atoms with Gasteiger partial charge in [0, 0.05) is 42.0 Å². The van der Waals surface area contributed by atoms with Crippen LogP contribution in [0, 0.1) is 13.8 Å². The molecule has 3 aromatic rings. The van der Waals surface area contributed by atoms with Crippen molar-refractivity contribution in [3.8, 4) is 0 Å². The van der Waals surface area contributed by atoms with Gasteiger partial charge in [-0.25, -0.2) is 14.5 Å². The van der Waals surface area contributed by atoms with Crippen molar-refractivity contribution in [2.75, 3.05) is 18.6 Å². The summed E-state index contributed by atoms with van der Waals surface area (Å²) >= 11 is 7.74. The average molecular weight is 362 g/mol. The first kappa shape index (κ1) is 15.4. The van der Waals surface area contributed by atoms with Crippen LogP contribution < -0.4 is 5.01 Å². The Morgan fingerprint density at radius 1 is 1.38 bits per heavy atom. The van der Waals surface area contributed by atoms with Crippen molar-refractivity contribution in [1.29, 1.82) is 0 Å². The molecule has 124 valence electrons. The summed E-state index contributed by atoms with van der Waals surface area (Å²) in [7, 11) is 1.93. The second-order valence-electron chi connectivity index (χ2n) is 5.86. The number of aromatic nitrogens is 3. The number of carbonyl (C=O) groups excluding carboxylic acids is 1. The van der Waals surface area contributed by atoms with E-state index in [-0.39, 0.29) is 5.91 Å². The molecule has 3 aromatic heterocycles. The molecule has 0 fully saturated rings. The summed E-state index contributed by atoms with van der Waals surface area (Å²) in [5.41, 5.74) is 3.34. The fourth-order valence-corrected chi connectivity index (χ4v) is 4.42. The van der Waals surface area contributed by atoms with E-state index < -0.39 is 0 Å². The summed E-state index contributed by atoms with van der Waals surface area (Å²) in [6.45, 7) is 4.87. The molecule has 1 aliphatic heterocycles. The smallest absolute Gasteiger partial charge is 0.284 e. The Morgan fingerprint density at radius 3 is 2.96 bits per heavy atom. The van der Waals surface area contributed by atoms with Gasteiger partial charge in [0.2, 0.25) is 0 Å². The number of hydrogen-bond donors (Lipinski definition) is 0. The largest absolute Gasteiger partial charge is 0.292 e. The number of fused-ring (bicyclic) bond motifs is 2. The van der Waals surface area contributed by atoms with E-state index in [4.69, 9.17) is 11.6 Å². The van der Waals surface area contributed by atoms with Crippen molar-refractivity contribution in [1.82, 2.24) is 19.6 Å². The summed E-state index contributed by atoms with van der Waals surface area (Å²) < 4.78 is 1.53. The lowest BCUT2D eigenvalue weighted by Gasteiger charge is -2.37. The third kappa shape index (κ3) is 2.27. The molecule has 0 N–H and O–H groups in total. The van der Waals surface area contributed by atoms with Gasteiger partial charge in [0.15, 0.2) is 11.3 Å². The zero-order valence-corrected chi connectivity index (χ0v) is 15.1. The molecule has 0 atom stereocenters. The van der Waals surface area contributed by atoms with Gasteiger partial charge in [-0.3, -0.25) is 9.80 Å². The summed E-state index contributed by atoms with van der Waals surface area (Å²) in [5.74, 6) is -0.131. The topological polar surface area (TPSA) is 53.7 Å². The summed E-state index contributed by atoms with van der Waals surface area (Å²) in [5, 5.41) is 8.49. The average Bonchev–Trinajstić information content (AvgIpc) is 3.09. The Kier molecular flexibility index (Phi) is 3.51. The molecule has 0 bridgehead atoms. The van der Waals surface area contributed by atoms with Crippen LogP contribution in [0.3, 0.4) is 0 Å². The second kappa shape index (κ2) is 5.46. The fraction of sp³-hybridized carbons (Fsp3) is 0.312. The maximum atomic E-state index is 12.9. The third-order valence-electron chi connectivity index (χ3n) is 4.40. The molecule has 6 nitrogen and oxygen atoms in total. The standard InChI is InChI=1S/C16H16ClN5OS/c1-9-10(2)24-13-4-5-22(20(3)15(9)13)16(23)12-6-14-18-7-11(17)8-21(14)19-12/h6-8H,4-5H2,1-3H3. The molecular formula is C16H16ClN5OS. The Balaban J connectivity index is 1.70. The molecule has 1 aliphatic rings. The minimum atomic E-state index is -0.131. The Bertz CT molecular complexity index is 963. The van der Waals surface area contributed by atoms with Crippen molar-refractivity contribution in [2.24, 2.45) is 0 Å².